The predicted octanol–water partition coefficient (Wildman–Crippen LogP) is 5.58. The Labute approximate surface area is 169 Å². The van der Waals surface area contributed by atoms with Gasteiger partial charge in [-0.1, -0.05) is 50.1 Å². The molecule has 0 heterocycles. The summed E-state index contributed by atoms with van der Waals surface area (Å²) in [5.41, 5.74) is 2.61. The number of carbonyl (C=O) groups excluding carboxylic acids is 1. The molecule has 25 heavy (non-hydrogen) atoms. The Balaban J connectivity index is 2.34. The van der Waals surface area contributed by atoms with E-state index in [1.54, 1.807) is 18.0 Å². The number of benzene rings is 2. The van der Waals surface area contributed by atoms with Crippen molar-refractivity contribution in [3.05, 3.63) is 68.7 Å². The first-order chi connectivity index (χ1) is 11.9. The Morgan fingerprint density at radius 1 is 1.20 bits per heavy atom. The molecule has 3 nitrogen and oxygen atoms in total. The van der Waals surface area contributed by atoms with Crippen LogP contribution in [0.4, 0.5) is 0 Å². The minimum absolute atomic E-state index is 0.342. The van der Waals surface area contributed by atoms with Crippen LogP contribution >= 0.6 is 43.6 Å². The van der Waals surface area contributed by atoms with E-state index in [9.17, 15) is 4.79 Å². The van der Waals surface area contributed by atoms with Gasteiger partial charge in [0.15, 0.2) is 0 Å². The van der Waals surface area contributed by atoms with Crippen molar-refractivity contribution in [2.75, 3.05) is 21.2 Å². The van der Waals surface area contributed by atoms with E-state index in [1.807, 2.05) is 55.4 Å². The Bertz CT molecular complexity index is 791. The number of hydrogen-bond acceptors (Lipinski definition) is 4. The fraction of sp³-hybridized carbons (Fsp3) is 0.211. The number of rotatable bonds is 6. The van der Waals surface area contributed by atoms with E-state index < -0.39 is 0 Å². The van der Waals surface area contributed by atoms with Gasteiger partial charge in [0.25, 0.3) is 0 Å². The number of nitrogens with zero attached hydrogens (tertiary/aromatic N) is 1. The molecule has 0 aliphatic carbocycles. The van der Waals surface area contributed by atoms with Crippen molar-refractivity contribution in [3.63, 3.8) is 0 Å². The van der Waals surface area contributed by atoms with Crippen molar-refractivity contribution in [2.45, 2.75) is 10.6 Å². The van der Waals surface area contributed by atoms with Crippen LogP contribution < -0.4 is 0 Å². The zero-order valence-corrected chi connectivity index (χ0v) is 18.2. The molecule has 0 unspecified atom stereocenters. The van der Waals surface area contributed by atoms with Crippen LogP contribution in [0.25, 0.3) is 5.57 Å². The van der Waals surface area contributed by atoms with E-state index in [-0.39, 0.29) is 5.97 Å². The number of ether oxygens (including phenoxy) is 1. The maximum absolute atomic E-state index is 12.2. The van der Waals surface area contributed by atoms with Crippen LogP contribution in [0.3, 0.4) is 0 Å². The average molecular weight is 485 g/mol. The molecule has 132 valence electrons. The minimum atomic E-state index is -0.342. The molecule has 0 saturated heterocycles. The van der Waals surface area contributed by atoms with Crippen LogP contribution in [0, 0.1) is 0 Å². The smallest absolute Gasteiger partial charge is 0.339 e. The summed E-state index contributed by atoms with van der Waals surface area (Å²) in [6, 6.07) is 14.0. The molecule has 0 spiro atoms. The molecule has 0 amide bonds. The molecule has 2 rings (SSSR count). The lowest BCUT2D eigenvalue weighted by atomic mass is 10.1. The zero-order chi connectivity index (χ0) is 18.4. The largest absolute Gasteiger partial charge is 0.465 e. The number of esters is 1. The summed E-state index contributed by atoms with van der Waals surface area (Å²) in [4.78, 5) is 15.1. The molecule has 2 aromatic rings. The second-order valence-corrected chi connectivity index (χ2v) is 8.31. The number of halogens is 2. The monoisotopic (exact) mass is 483 g/mol. The molecule has 0 radical (unpaired) electrons. The van der Waals surface area contributed by atoms with Gasteiger partial charge in [0, 0.05) is 45.5 Å². The first kappa shape index (κ1) is 20.1. The number of carbonyl (C=O) groups is 1. The van der Waals surface area contributed by atoms with E-state index in [1.165, 1.54) is 12.7 Å². The normalized spacial score (nSPS) is 11.3. The van der Waals surface area contributed by atoms with E-state index in [0.29, 0.717) is 5.57 Å². The molecule has 0 aromatic heterocycles. The topological polar surface area (TPSA) is 29.5 Å². The van der Waals surface area contributed by atoms with Gasteiger partial charge in [-0.05, 0) is 29.8 Å². The summed E-state index contributed by atoms with van der Waals surface area (Å²) in [6.45, 7) is 0. The Morgan fingerprint density at radius 2 is 1.92 bits per heavy atom. The summed E-state index contributed by atoms with van der Waals surface area (Å²) in [5, 5.41) is 0. The average Bonchev–Trinajstić information content (AvgIpc) is 2.60. The molecule has 0 fully saturated rings. The minimum Gasteiger partial charge on any atom is -0.465 e. The summed E-state index contributed by atoms with van der Waals surface area (Å²) < 4.78 is 7.07. The van der Waals surface area contributed by atoms with E-state index >= 15 is 0 Å². The third-order valence-electron chi connectivity index (χ3n) is 3.36. The highest BCUT2D eigenvalue weighted by Crippen LogP contribution is 2.33. The Morgan fingerprint density at radius 3 is 2.60 bits per heavy atom. The number of thioether (sulfide) groups is 1. The van der Waals surface area contributed by atoms with Gasteiger partial charge in [-0.3, -0.25) is 0 Å². The van der Waals surface area contributed by atoms with Gasteiger partial charge in [-0.25, -0.2) is 4.79 Å². The van der Waals surface area contributed by atoms with Gasteiger partial charge in [0.1, 0.15) is 0 Å². The maximum Gasteiger partial charge on any atom is 0.339 e. The fourth-order valence-corrected chi connectivity index (χ4v) is 4.26. The number of hydrogen-bond donors (Lipinski definition) is 0. The molecule has 0 N–H and O–H groups in total. The van der Waals surface area contributed by atoms with Crippen molar-refractivity contribution >= 4 is 55.2 Å². The van der Waals surface area contributed by atoms with Gasteiger partial charge in [-0.15, -0.1) is 11.8 Å². The quantitative estimate of drug-likeness (QED) is 0.304. The van der Waals surface area contributed by atoms with Crippen LogP contribution in [-0.4, -0.2) is 32.1 Å². The molecular formula is C19H19Br2NO2S. The molecule has 6 heteroatoms. The van der Waals surface area contributed by atoms with Crippen molar-refractivity contribution in [2.24, 2.45) is 0 Å². The molecule has 0 aliphatic rings. The third-order valence-corrected chi connectivity index (χ3v) is 5.75. The second-order valence-electron chi connectivity index (χ2n) is 5.52. The van der Waals surface area contributed by atoms with Crippen LogP contribution in [0.1, 0.15) is 11.1 Å². The summed E-state index contributed by atoms with van der Waals surface area (Å²) >= 11 is 8.79. The lowest BCUT2D eigenvalue weighted by Gasteiger charge is -2.14. The molecule has 2 aromatic carbocycles. The summed E-state index contributed by atoms with van der Waals surface area (Å²) in [6.07, 6.45) is 1.79. The Kier molecular flexibility index (Phi) is 7.59. The summed E-state index contributed by atoms with van der Waals surface area (Å²) in [7, 11) is 5.18. The molecule has 0 bridgehead atoms. The molecule has 0 saturated carbocycles. The van der Waals surface area contributed by atoms with Crippen molar-refractivity contribution in [1.29, 1.82) is 0 Å². The van der Waals surface area contributed by atoms with Gasteiger partial charge in [0.2, 0.25) is 0 Å². The molecular weight excluding hydrogens is 466 g/mol. The highest BCUT2D eigenvalue weighted by molar-refractivity contribution is 9.11. The van der Waals surface area contributed by atoms with Gasteiger partial charge in [0.05, 0.1) is 12.7 Å². The van der Waals surface area contributed by atoms with Crippen LogP contribution in [-0.2, 0) is 15.3 Å². The van der Waals surface area contributed by atoms with Crippen molar-refractivity contribution < 1.29 is 9.53 Å². The van der Waals surface area contributed by atoms with Crippen molar-refractivity contribution in [3.8, 4) is 0 Å². The third kappa shape index (κ3) is 5.62. The SMILES string of the molecule is COC(=O)/C(=C/N(C)C)c1ccccc1SCc1cc(Br)ccc1Br. The van der Waals surface area contributed by atoms with Crippen LogP contribution in [0.15, 0.2) is 62.5 Å². The number of methoxy groups -OCH3 is 1. The summed E-state index contributed by atoms with van der Waals surface area (Å²) in [5.74, 6) is 0.443. The lowest BCUT2D eigenvalue weighted by Crippen LogP contribution is -2.10. The molecule has 0 aliphatic heterocycles. The van der Waals surface area contributed by atoms with Gasteiger partial charge < -0.3 is 9.64 Å². The first-order valence-electron chi connectivity index (χ1n) is 7.55. The highest BCUT2D eigenvalue weighted by atomic mass is 79.9. The predicted molar refractivity (Wildman–Crippen MR) is 112 cm³/mol. The second kappa shape index (κ2) is 9.46. The fourth-order valence-electron chi connectivity index (χ4n) is 2.22. The maximum atomic E-state index is 12.2. The highest BCUT2D eigenvalue weighted by Gasteiger charge is 2.17. The Hall–Kier alpha value is -1.24. The first-order valence-corrected chi connectivity index (χ1v) is 10.1. The van der Waals surface area contributed by atoms with Crippen LogP contribution in [0.2, 0.25) is 0 Å². The standard InChI is InChI=1S/C19H19Br2NO2S/c1-22(2)11-16(19(23)24-3)15-6-4-5-7-18(15)25-12-13-10-14(20)8-9-17(13)21/h4-11H,12H2,1-3H3/b16-11+. The zero-order valence-electron chi connectivity index (χ0n) is 14.3. The van der Waals surface area contributed by atoms with E-state index in [4.69, 9.17) is 4.74 Å². The van der Waals surface area contributed by atoms with E-state index in [2.05, 4.69) is 37.9 Å². The van der Waals surface area contributed by atoms with E-state index in [0.717, 1.165) is 25.2 Å². The molecule has 0 atom stereocenters. The van der Waals surface area contributed by atoms with Gasteiger partial charge >= 0.3 is 5.97 Å². The lowest BCUT2D eigenvalue weighted by molar-refractivity contribution is -0.133. The van der Waals surface area contributed by atoms with Gasteiger partial charge in [-0.2, -0.15) is 0 Å². The van der Waals surface area contributed by atoms with Crippen LogP contribution in [0.5, 0.6) is 0 Å². The van der Waals surface area contributed by atoms with Crippen molar-refractivity contribution in [1.82, 2.24) is 4.90 Å².